The van der Waals surface area contributed by atoms with Crippen molar-refractivity contribution in [3.05, 3.63) is 54.4 Å². The monoisotopic (exact) mass is 341 g/mol. The van der Waals surface area contributed by atoms with Crippen LogP contribution in [0.1, 0.15) is 42.5 Å². The average Bonchev–Trinajstić information content (AvgIpc) is 3.33. The van der Waals surface area contributed by atoms with Crippen molar-refractivity contribution in [2.24, 2.45) is 5.92 Å². The second-order valence-electron chi connectivity index (χ2n) is 6.26. The van der Waals surface area contributed by atoms with E-state index in [9.17, 15) is 9.59 Å². The molecule has 0 radical (unpaired) electrons. The first-order valence-corrected chi connectivity index (χ1v) is 8.69. The van der Waals surface area contributed by atoms with E-state index in [2.05, 4.69) is 10.9 Å². The molecular weight excluding hydrogens is 318 g/mol. The number of rotatable bonds is 5. The first kappa shape index (κ1) is 17.1. The van der Waals surface area contributed by atoms with Gasteiger partial charge in [0.15, 0.2) is 0 Å². The third kappa shape index (κ3) is 4.62. The number of carbonyl (C=O) groups is 2. The molecule has 1 heterocycles. The number of hydrazine groups is 1. The summed E-state index contributed by atoms with van der Waals surface area (Å²) in [5.74, 6) is 0.271. The number of hydrogen-bond acceptors (Lipinski definition) is 3. The molecule has 132 valence electrons. The summed E-state index contributed by atoms with van der Waals surface area (Å²) in [7, 11) is 0. The summed E-state index contributed by atoms with van der Waals surface area (Å²) >= 11 is 0. The van der Waals surface area contributed by atoms with Crippen LogP contribution in [0, 0.1) is 5.92 Å². The summed E-state index contributed by atoms with van der Waals surface area (Å²) in [5.41, 5.74) is 5.91. The summed E-state index contributed by atoms with van der Waals surface area (Å²) in [6, 6.07) is 11.0. The molecule has 6 nitrogen and oxygen atoms in total. The van der Waals surface area contributed by atoms with Crippen LogP contribution in [0.3, 0.4) is 0 Å². The zero-order valence-electron chi connectivity index (χ0n) is 14.1. The van der Waals surface area contributed by atoms with Gasteiger partial charge in [-0.15, -0.1) is 0 Å². The van der Waals surface area contributed by atoms with Crippen molar-refractivity contribution in [1.82, 2.24) is 15.4 Å². The summed E-state index contributed by atoms with van der Waals surface area (Å²) in [4.78, 5) is 24.1. The lowest BCUT2D eigenvalue weighted by Crippen LogP contribution is -2.42. The van der Waals surface area contributed by atoms with Crippen LogP contribution >= 0.6 is 0 Å². The van der Waals surface area contributed by atoms with E-state index in [0.717, 1.165) is 12.1 Å². The Balaban J connectivity index is 1.48. The maximum Gasteiger partial charge on any atom is 0.426 e. The largest absolute Gasteiger partial charge is 0.448 e. The smallest absolute Gasteiger partial charge is 0.426 e. The highest BCUT2D eigenvalue weighted by Crippen LogP contribution is 2.27. The molecule has 1 aromatic heterocycles. The standard InChI is InChI=1S/C19H23N3O3/c23-18(16-9-3-4-10-17(16)22-12-5-6-13-22)20-21-19(24)25-14-11-15-7-1-2-8-15/h3-6,9-10,12-13,15H,1-2,7-8,11,14H2,(H,20,23)(H,21,24). The number of nitrogens with zero attached hydrogens (tertiary/aromatic N) is 1. The van der Waals surface area contributed by atoms with Gasteiger partial charge in [-0.1, -0.05) is 37.8 Å². The van der Waals surface area contributed by atoms with Crippen molar-refractivity contribution in [2.45, 2.75) is 32.1 Å². The average molecular weight is 341 g/mol. The van der Waals surface area contributed by atoms with Gasteiger partial charge >= 0.3 is 6.09 Å². The maximum atomic E-state index is 12.4. The number of amides is 2. The normalized spacial score (nSPS) is 14.2. The topological polar surface area (TPSA) is 72.4 Å². The van der Waals surface area contributed by atoms with E-state index >= 15 is 0 Å². The van der Waals surface area contributed by atoms with E-state index in [4.69, 9.17) is 4.74 Å². The molecule has 1 aliphatic carbocycles. The number of aromatic nitrogens is 1. The molecule has 0 spiro atoms. The van der Waals surface area contributed by atoms with E-state index < -0.39 is 12.0 Å². The van der Waals surface area contributed by atoms with Crippen LogP contribution in [0.15, 0.2) is 48.8 Å². The van der Waals surface area contributed by atoms with Gasteiger partial charge in [-0.2, -0.15) is 0 Å². The third-order valence-electron chi connectivity index (χ3n) is 4.54. The molecule has 2 aromatic rings. The SMILES string of the molecule is O=C(NNC(=O)c1ccccc1-n1cccc1)OCCC1CCCC1. The van der Waals surface area contributed by atoms with Crippen molar-refractivity contribution in [3.63, 3.8) is 0 Å². The van der Waals surface area contributed by atoms with Crippen LogP contribution < -0.4 is 10.9 Å². The minimum Gasteiger partial charge on any atom is -0.448 e. The molecule has 0 unspecified atom stereocenters. The Kier molecular flexibility index (Phi) is 5.72. The van der Waals surface area contributed by atoms with Crippen molar-refractivity contribution in [1.29, 1.82) is 0 Å². The lowest BCUT2D eigenvalue weighted by molar-refractivity contribution is 0.0905. The minimum atomic E-state index is -0.634. The molecule has 0 bridgehead atoms. The predicted molar refractivity (Wildman–Crippen MR) is 94.3 cm³/mol. The predicted octanol–water partition coefficient (Wildman–Crippen LogP) is 3.43. The van der Waals surface area contributed by atoms with E-state index in [1.54, 1.807) is 12.1 Å². The van der Waals surface area contributed by atoms with Gasteiger partial charge in [0.05, 0.1) is 17.9 Å². The van der Waals surface area contributed by atoms with Crippen LogP contribution in [-0.4, -0.2) is 23.2 Å². The molecule has 2 N–H and O–H groups in total. The summed E-state index contributed by atoms with van der Waals surface area (Å²) in [6.45, 7) is 0.381. The Labute approximate surface area is 147 Å². The number of nitrogens with one attached hydrogen (secondary N) is 2. The van der Waals surface area contributed by atoms with Crippen LogP contribution in [-0.2, 0) is 4.74 Å². The Morgan fingerprint density at radius 3 is 2.52 bits per heavy atom. The van der Waals surface area contributed by atoms with Gasteiger partial charge in [0.1, 0.15) is 0 Å². The highest BCUT2D eigenvalue weighted by Gasteiger charge is 2.16. The third-order valence-corrected chi connectivity index (χ3v) is 4.54. The molecule has 2 amide bonds. The van der Waals surface area contributed by atoms with Crippen molar-refractivity contribution in [2.75, 3.05) is 6.61 Å². The fourth-order valence-electron chi connectivity index (χ4n) is 3.21. The second kappa shape index (κ2) is 8.37. The molecule has 1 fully saturated rings. The Hall–Kier alpha value is -2.76. The first-order valence-electron chi connectivity index (χ1n) is 8.69. The Morgan fingerprint density at radius 1 is 1.04 bits per heavy atom. The molecular formula is C19H23N3O3. The van der Waals surface area contributed by atoms with Gasteiger partial charge in [-0.3, -0.25) is 10.2 Å². The molecule has 0 aliphatic heterocycles. The highest BCUT2D eigenvalue weighted by molar-refractivity contribution is 5.98. The Morgan fingerprint density at radius 2 is 1.76 bits per heavy atom. The van der Waals surface area contributed by atoms with E-state index in [-0.39, 0.29) is 0 Å². The fourth-order valence-corrected chi connectivity index (χ4v) is 3.21. The zero-order valence-corrected chi connectivity index (χ0v) is 14.1. The summed E-state index contributed by atoms with van der Waals surface area (Å²) in [6.07, 6.45) is 8.95. The van der Waals surface area contributed by atoms with Crippen LogP contribution in [0.5, 0.6) is 0 Å². The number of hydrogen-bond donors (Lipinski definition) is 2. The van der Waals surface area contributed by atoms with Gasteiger partial charge in [-0.25, -0.2) is 10.2 Å². The molecule has 3 rings (SSSR count). The van der Waals surface area contributed by atoms with Crippen molar-refractivity contribution >= 4 is 12.0 Å². The van der Waals surface area contributed by atoms with Crippen LogP contribution in [0.25, 0.3) is 5.69 Å². The van der Waals surface area contributed by atoms with Gasteiger partial charge in [0.2, 0.25) is 0 Å². The number of para-hydroxylation sites is 1. The highest BCUT2D eigenvalue weighted by atomic mass is 16.6. The minimum absolute atomic E-state index is 0.381. The van der Waals surface area contributed by atoms with E-state index in [0.29, 0.717) is 18.1 Å². The molecule has 1 aliphatic rings. The molecule has 1 saturated carbocycles. The second-order valence-corrected chi connectivity index (χ2v) is 6.26. The van der Waals surface area contributed by atoms with Gasteiger partial charge < -0.3 is 9.30 Å². The maximum absolute atomic E-state index is 12.4. The molecule has 0 saturated heterocycles. The molecule has 1 aromatic carbocycles. The van der Waals surface area contributed by atoms with E-state index in [1.807, 2.05) is 41.2 Å². The number of carbonyl (C=O) groups excluding carboxylic acids is 2. The molecule has 25 heavy (non-hydrogen) atoms. The quantitative estimate of drug-likeness (QED) is 0.819. The Bertz CT molecular complexity index is 706. The molecule has 0 atom stereocenters. The lowest BCUT2D eigenvalue weighted by Gasteiger charge is -2.13. The van der Waals surface area contributed by atoms with Gasteiger partial charge in [0, 0.05) is 12.4 Å². The summed E-state index contributed by atoms with van der Waals surface area (Å²) < 4.78 is 6.96. The first-order chi connectivity index (χ1) is 12.2. The van der Waals surface area contributed by atoms with Crippen LogP contribution in [0.2, 0.25) is 0 Å². The fraction of sp³-hybridized carbons (Fsp3) is 0.368. The van der Waals surface area contributed by atoms with E-state index in [1.165, 1.54) is 25.7 Å². The van der Waals surface area contributed by atoms with Crippen LogP contribution in [0.4, 0.5) is 4.79 Å². The van der Waals surface area contributed by atoms with Crippen molar-refractivity contribution in [3.8, 4) is 5.69 Å². The summed E-state index contributed by atoms with van der Waals surface area (Å²) in [5, 5.41) is 0. The zero-order chi connectivity index (χ0) is 17.5. The van der Waals surface area contributed by atoms with Gasteiger partial charge in [-0.05, 0) is 36.6 Å². The number of benzene rings is 1. The number of ether oxygens (including phenoxy) is 1. The lowest BCUT2D eigenvalue weighted by atomic mass is 10.1. The van der Waals surface area contributed by atoms with Gasteiger partial charge in [0.25, 0.3) is 5.91 Å². The molecule has 6 heteroatoms. The van der Waals surface area contributed by atoms with Crippen molar-refractivity contribution < 1.29 is 14.3 Å².